The molecule has 0 fully saturated rings. The molecule has 8 heteroatoms. The summed E-state index contributed by atoms with van der Waals surface area (Å²) in [5.41, 5.74) is 5.75. The van der Waals surface area contributed by atoms with Crippen LogP contribution >= 0.6 is 23.1 Å². The van der Waals surface area contributed by atoms with Gasteiger partial charge in [-0.25, -0.2) is 9.78 Å². The second kappa shape index (κ2) is 8.13. The Kier molecular flexibility index (Phi) is 6.82. The van der Waals surface area contributed by atoms with E-state index in [1.54, 1.807) is 11.8 Å². The van der Waals surface area contributed by atoms with Crippen molar-refractivity contribution >= 4 is 35.0 Å². The summed E-state index contributed by atoms with van der Waals surface area (Å²) in [6.07, 6.45) is 3.12. The summed E-state index contributed by atoms with van der Waals surface area (Å²) in [7, 11) is 0. The lowest BCUT2D eigenvalue weighted by atomic mass is 10.2. The molecule has 6 nitrogen and oxygen atoms in total. The molecule has 0 radical (unpaired) electrons. The molecule has 1 aromatic heterocycles. The van der Waals surface area contributed by atoms with Gasteiger partial charge in [-0.2, -0.15) is 11.8 Å². The van der Waals surface area contributed by atoms with E-state index >= 15 is 0 Å². The number of nitrogens with two attached hydrogens (primary N) is 1. The van der Waals surface area contributed by atoms with Crippen LogP contribution in [0.2, 0.25) is 0 Å². The van der Waals surface area contributed by atoms with Crippen molar-refractivity contribution in [2.45, 2.75) is 18.9 Å². The monoisotopic (exact) mass is 303 g/mol. The summed E-state index contributed by atoms with van der Waals surface area (Å²) in [4.78, 5) is 26.2. The molecule has 106 valence electrons. The van der Waals surface area contributed by atoms with Crippen LogP contribution in [0, 0.1) is 0 Å². The summed E-state index contributed by atoms with van der Waals surface area (Å²) in [6.45, 7) is 0.415. The third-order valence-corrected chi connectivity index (χ3v) is 3.93. The maximum atomic E-state index is 11.6. The van der Waals surface area contributed by atoms with Gasteiger partial charge in [-0.3, -0.25) is 4.79 Å². The van der Waals surface area contributed by atoms with Crippen molar-refractivity contribution in [3.05, 3.63) is 16.1 Å². The van der Waals surface area contributed by atoms with Crippen LogP contribution < -0.4 is 11.1 Å². The second-order valence-corrected chi connectivity index (χ2v) is 5.79. The topological polar surface area (TPSA) is 105 Å². The molecule has 0 saturated heterocycles. The van der Waals surface area contributed by atoms with Gasteiger partial charge < -0.3 is 16.2 Å². The fraction of sp³-hybridized carbons (Fsp3) is 0.545. The lowest BCUT2D eigenvalue weighted by molar-refractivity contribution is -0.122. The number of carbonyl (C=O) groups is 2. The van der Waals surface area contributed by atoms with Gasteiger partial charge in [0.2, 0.25) is 5.91 Å². The first kappa shape index (κ1) is 15.9. The van der Waals surface area contributed by atoms with Gasteiger partial charge in [-0.15, -0.1) is 11.3 Å². The van der Waals surface area contributed by atoms with Crippen molar-refractivity contribution in [2.24, 2.45) is 5.73 Å². The van der Waals surface area contributed by atoms with Gasteiger partial charge in [0.1, 0.15) is 0 Å². The van der Waals surface area contributed by atoms with Gasteiger partial charge in [0.05, 0.1) is 11.0 Å². The number of thioether (sulfide) groups is 1. The molecule has 1 heterocycles. The molecule has 0 aromatic carbocycles. The molecule has 4 N–H and O–H groups in total. The van der Waals surface area contributed by atoms with Crippen molar-refractivity contribution in [3.8, 4) is 0 Å². The average Bonchev–Trinajstić information content (AvgIpc) is 2.84. The summed E-state index contributed by atoms with van der Waals surface area (Å²) in [6, 6.07) is -0.488. The van der Waals surface area contributed by atoms with E-state index in [0.29, 0.717) is 24.4 Å². The Morgan fingerprint density at radius 2 is 2.37 bits per heavy atom. The lowest BCUT2D eigenvalue weighted by Gasteiger charge is -2.10. The van der Waals surface area contributed by atoms with E-state index in [9.17, 15) is 9.59 Å². The van der Waals surface area contributed by atoms with Crippen molar-refractivity contribution < 1.29 is 14.7 Å². The highest BCUT2D eigenvalue weighted by Gasteiger charge is 2.13. The molecule has 19 heavy (non-hydrogen) atoms. The van der Waals surface area contributed by atoms with Crippen LogP contribution in [-0.2, 0) is 11.2 Å². The van der Waals surface area contributed by atoms with E-state index in [0.717, 1.165) is 5.75 Å². The van der Waals surface area contributed by atoms with Crippen LogP contribution in [0.5, 0.6) is 0 Å². The van der Waals surface area contributed by atoms with Crippen LogP contribution in [0.1, 0.15) is 21.9 Å². The van der Waals surface area contributed by atoms with Gasteiger partial charge in [-0.05, 0) is 18.4 Å². The SMILES string of the molecule is CSCC[C@H](N)C(=O)NCCc1nc(C(=O)O)cs1. The van der Waals surface area contributed by atoms with E-state index in [1.807, 2.05) is 6.26 Å². The number of hydrogen-bond donors (Lipinski definition) is 3. The average molecular weight is 303 g/mol. The van der Waals surface area contributed by atoms with Crippen LogP contribution in [0.3, 0.4) is 0 Å². The Hall–Kier alpha value is -1.12. The standard InChI is InChI=1S/C11H17N3O3S2/c1-18-5-3-7(12)10(15)13-4-2-9-14-8(6-19-9)11(16)17/h6-7H,2-5,12H2,1H3,(H,13,15)(H,16,17)/t7-/m0/s1. The molecular weight excluding hydrogens is 286 g/mol. The first-order valence-electron chi connectivity index (χ1n) is 5.74. The normalized spacial score (nSPS) is 12.1. The number of nitrogens with one attached hydrogen (secondary N) is 1. The number of carboxylic acids is 1. The number of aromatic nitrogens is 1. The Morgan fingerprint density at radius 3 is 2.95 bits per heavy atom. The third-order valence-electron chi connectivity index (χ3n) is 2.38. The number of hydrogen-bond acceptors (Lipinski definition) is 6. The minimum atomic E-state index is -1.04. The number of rotatable bonds is 8. The smallest absolute Gasteiger partial charge is 0.355 e. The zero-order chi connectivity index (χ0) is 14.3. The van der Waals surface area contributed by atoms with E-state index < -0.39 is 12.0 Å². The zero-order valence-corrected chi connectivity index (χ0v) is 12.2. The minimum absolute atomic E-state index is 0.0444. The molecule has 0 spiro atoms. The maximum absolute atomic E-state index is 11.6. The Bertz CT molecular complexity index is 437. The van der Waals surface area contributed by atoms with Crippen LogP contribution in [0.25, 0.3) is 0 Å². The first-order valence-corrected chi connectivity index (χ1v) is 8.02. The summed E-state index contributed by atoms with van der Waals surface area (Å²) in [5, 5.41) is 13.6. The quantitative estimate of drug-likeness (QED) is 0.649. The van der Waals surface area contributed by atoms with Gasteiger partial charge in [-0.1, -0.05) is 0 Å². The molecule has 0 saturated carbocycles. The van der Waals surface area contributed by atoms with E-state index in [-0.39, 0.29) is 11.6 Å². The number of thiazole rings is 1. The summed E-state index contributed by atoms with van der Waals surface area (Å²) < 4.78 is 0. The van der Waals surface area contributed by atoms with Crippen LogP contribution in [0.15, 0.2) is 5.38 Å². The summed E-state index contributed by atoms with van der Waals surface area (Å²) in [5.74, 6) is -0.363. The van der Waals surface area contributed by atoms with Gasteiger partial charge in [0.25, 0.3) is 0 Å². The fourth-order valence-corrected chi connectivity index (χ4v) is 2.59. The van der Waals surface area contributed by atoms with Crippen molar-refractivity contribution in [2.75, 3.05) is 18.6 Å². The largest absolute Gasteiger partial charge is 0.476 e. The van der Waals surface area contributed by atoms with Gasteiger partial charge in [0, 0.05) is 18.3 Å². The summed E-state index contributed by atoms with van der Waals surface area (Å²) >= 11 is 2.92. The van der Waals surface area contributed by atoms with Gasteiger partial charge in [0.15, 0.2) is 5.69 Å². The van der Waals surface area contributed by atoms with E-state index in [4.69, 9.17) is 10.8 Å². The molecule has 0 aliphatic rings. The second-order valence-electron chi connectivity index (χ2n) is 3.86. The molecule has 1 amide bonds. The van der Waals surface area contributed by atoms with E-state index in [1.165, 1.54) is 16.7 Å². The number of aromatic carboxylic acids is 1. The minimum Gasteiger partial charge on any atom is -0.476 e. The van der Waals surface area contributed by atoms with Crippen molar-refractivity contribution in [1.82, 2.24) is 10.3 Å². The predicted molar refractivity (Wildman–Crippen MR) is 76.8 cm³/mol. The number of amides is 1. The highest BCUT2D eigenvalue weighted by atomic mass is 32.2. The predicted octanol–water partition coefficient (Wildman–Crippen LogP) is 0.580. The van der Waals surface area contributed by atoms with Crippen LogP contribution in [0.4, 0.5) is 0 Å². The molecule has 1 rings (SSSR count). The molecule has 0 unspecified atom stereocenters. The molecule has 0 bridgehead atoms. The molecular formula is C11H17N3O3S2. The van der Waals surface area contributed by atoms with Crippen LogP contribution in [-0.4, -0.2) is 46.6 Å². The fourth-order valence-electron chi connectivity index (χ4n) is 1.32. The zero-order valence-electron chi connectivity index (χ0n) is 10.6. The molecule has 1 atom stereocenters. The maximum Gasteiger partial charge on any atom is 0.355 e. The Balaban J connectivity index is 2.29. The van der Waals surface area contributed by atoms with Crippen molar-refractivity contribution in [3.63, 3.8) is 0 Å². The highest BCUT2D eigenvalue weighted by Crippen LogP contribution is 2.09. The third kappa shape index (κ3) is 5.58. The molecule has 1 aromatic rings. The molecule has 0 aliphatic carbocycles. The first-order chi connectivity index (χ1) is 9.04. The van der Waals surface area contributed by atoms with Gasteiger partial charge >= 0.3 is 5.97 Å². The lowest BCUT2D eigenvalue weighted by Crippen LogP contribution is -2.41. The van der Waals surface area contributed by atoms with E-state index in [2.05, 4.69) is 10.3 Å². The Labute approximate surface area is 119 Å². The Morgan fingerprint density at radius 1 is 1.63 bits per heavy atom. The van der Waals surface area contributed by atoms with Crippen molar-refractivity contribution in [1.29, 1.82) is 0 Å². The number of carboxylic acid groups (broad SMARTS) is 1. The number of nitrogens with zero attached hydrogens (tertiary/aromatic N) is 1. The number of carbonyl (C=O) groups excluding carboxylic acids is 1. The molecule has 0 aliphatic heterocycles. The highest BCUT2D eigenvalue weighted by molar-refractivity contribution is 7.98.